The molecule has 0 radical (unpaired) electrons. The molecule has 7 heteroatoms. The van der Waals surface area contributed by atoms with E-state index in [-0.39, 0.29) is 12.0 Å². The number of nitrogens with zero attached hydrogens (tertiary/aromatic N) is 5. The van der Waals surface area contributed by atoms with Crippen LogP contribution in [0.4, 0.5) is 0 Å². The van der Waals surface area contributed by atoms with Gasteiger partial charge in [-0.05, 0) is 36.6 Å². The predicted molar refractivity (Wildman–Crippen MR) is 123 cm³/mol. The van der Waals surface area contributed by atoms with Crippen LogP contribution >= 0.6 is 0 Å². The zero-order chi connectivity index (χ0) is 22.3. The first-order chi connectivity index (χ1) is 15.6. The molecule has 7 nitrogen and oxygen atoms in total. The van der Waals surface area contributed by atoms with Gasteiger partial charge in [-0.2, -0.15) is 5.10 Å². The second-order valence-electron chi connectivity index (χ2n) is 8.45. The van der Waals surface area contributed by atoms with E-state index in [1.807, 2.05) is 60.1 Å². The highest BCUT2D eigenvalue weighted by Crippen LogP contribution is 2.16. The lowest BCUT2D eigenvalue weighted by Gasteiger charge is -2.25. The molecule has 1 aliphatic heterocycles. The van der Waals surface area contributed by atoms with E-state index < -0.39 is 0 Å². The number of carbonyl (C=O) groups is 1. The van der Waals surface area contributed by atoms with Crippen LogP contribution in [-0.2, 0) is 36.2 Å². The van der Waals surface area contributed by atoms with E-state index >= 15 is 0 Å². The maximum absolute atomic E-state index is 13.1. The highest BCUT2D eigenvalue weighted by atomic mass is 16.5. The molecule has 168 valence electrons. The summed E-state index contributed by atoms with van der Waals surface area (Å²) in [6, 6.07) is 14.2. The van der Waals surface area contributed by atoms with Gasteiger partial charge in [-0.15, -0.1) is 0 Å². The van der Waals surface area contributed by atoms with Crippen molar-refractivity contribution in [3.63, 3.8) is 0 Å². The molecule has 1 fully saturated rings. The normalized spacial score (nSPS) is 17.5. The SMILES string of the molecule is Cc1nn(C)cc1CN1CC(=O)N(CCc2ccccc2)CC(OCc2ccncc2)C1. The molecule has 0 aliphatic carbocycles. The predicted octanol–water partition coefficient (Wildman–Crippen LogP) is 2.60. The molecule has 1 atom stereocenters. The van der Waals surface area contributed by atoms with Crippen molar-refractivity contribution in [1.82, 2.24) is 24.6 Å². The van der Waals surface area contributed by atoms with E-state index in [1.54, 1.807) is 12.4 Å². The van der Waals surface area contributed by atoms with E-state index in [0.29, 0.717) is 39.3 Å². The Morgan fingerprint density at radius 3 is 2.56 bits per heavy atom. The van der Waals surface area contributed by atoms with Crippen LogP contribution in [0.5, 0.6) is 0 Å². The second-order valence-corrected chi connectivity index (χ2v) is 8.45. The van der Waals surface area contributed by atoms with E-state index in [4.69, 9.17) is 4.74 Å². The molecular weight excluding hydrogens is 402 g/mol. The number of rotatable bonds is 8. The van der Waals surface area contributed by atoms with Crippen LogP contribution < -0.4 is 0 Å². The first kappa shape index (κ1) is 22.2. The zero-order valence-electron chi connectivity index (χ0n) is 18.9. The Morgan fingerprint density at radius 2 is 1.84 bits per heavy atom. The molecule has 4 rings (SSSR count). The summed E-state index contributed by atoms with van der Waals surface area (Å²) in [5.41, 5.74) is 4.47. The maximum Gasteiger partial charge on any atom is 0.236 e. The topological polar surface area (TPSA) is 63.5 Å². The summed E-state index contributed by atoms with van der Waals surface area (Å²) in [5.74, 6) is 0.150. The van der Waals surface area contributed by atoms with E-state index in [9.17, 15) is 4.79 Å². The van der Waals surface area contributed by atoms with Gasteiger partial charge in [0, 0.05) is 57.4 Å². The van der Waals surface area contributed by atoms with Gasteiger partial charge in [0.2, 0.25) is 5.91 Å². The smallest absolute Gasteiger partial charge is 0.236 e. The first-order valence-electron chi connectivity index (χ1n) is 11.1. The number of carbonyl (C=O) groups excluding carboxylic acids is 1. The highest BCUT2D eigenvalue weighted by molar-refractivity contribution is 5.78. The van der Waals surface area contributed by atoms with Crippen LogP contribution in [0, 0.1) is 6.92 Å². The van der Waals surface area contributed by atoms with Crippen LogP contribution in [0.25, 0.3) is 0 Å². The van der Waals surface area contributed by atoms with Gasteiger partial charge in [-0.25, -0.2) is 0 Å². The number of benzene rings is 1. The molecule has 1 amide bonds. The number of aromatic nitrogens is 3. The van der Waals surface area contributed by atoms with Crippen molar-refractivity contribution < 1.29 is 9.53 Å². The van der Waals surface area contributed by atoms with Crippen LogP contribution in [-0.4, -0.2) is 62.8 Å². The Kier molecular flexibility index (Phi) is 7.29. The van der Waals surface area contributed by atoms with Crippen molar-refractivity contribution in [1.29, 1.82) is 0 Å². The van der Waals surface area contributed by atoms with Gasteiger partial charge in [0.25, 0.3) is 0 Å². The van der Waals surface area contributed by atoms with Crippen molar-refractivity contribution in [3.05, 3.63) is 83.4 Å². The van der Waals surface area contributed by atoms with Crippen LogP contribution in [0.2, 0.25) is 0 Å². The van der Waals surface area contributed by atoms with E-state index in [2.05, 4.69) is 27.1 Å². The summed E-state index contributed by atoms with van der Waals surface area (Å²) >= 11 is 0. The van der Waals surface area contributed by atoms with Crippen LogP contribution in [0.15, 0.2) is 61.1 Å². The van der Waals surface area contributed by atoms with Gasteiger partial charge in [0.05, 0.1) is 24.9 Å². The van der Waals surface area contributed by atoms with Gasteiger partial charge in [0.1, 0.15) is 0 Å². The van der Waals surface area contributed by atoms with Gasteiger partial charge in [-0.1, -0.05) is 30.3 Å². The molecule has 3 heterocycles. The number of hydrogen-bond donors (Lipinski definition) is 0. The molecule has 1 saturated heterocycles. The third-order valence-electron chi connectivity index (χ3n) is 5.85. The monoisotopic (exact) mass is 433 g/mol. The first-order valence-corrected chi connectivity index (χ1v) is 11.1. The number of hydrogen-bond acceptors (Lipinski definition) is 5. The lowest BCUT2D eigenvalue weighted by atomic mass is 10.1. The molecule has 1 aliphatic rings. The average molecular weight is 434 g/mol. The average Bonchev–Trinajstić information content (AvgIpc) is 3.03. The molecule has 32 heavy (non-hydrogen) atoms. The van der Waals surface area contributed by atoms with Gasteiger partial charge in [-0.3, -0.25) is 19.4 Å². The quantitative estimate of drug-likeness (QED) is 0.546. The number of pyridine rings is 1. The van der Waals surface area contributed by atoms with Crippen molar-refractivity contribution >= 4 is 5.91 Å². The van der Waals surface area contributed by atoms with Crippen molar-refractivity contribution in [3.8, 4) is 0 Å². The molecule has 0 saturated carbocycles. The summed E-state index contributed by atoms with van der Waals surface area (Å²) in [6.45, 7) is 5.58. The summed E-state index contributed by atoms with van der Waals surface area (Å²) in [6.07, 6.45) is 6.36. The molecule has 2 aromatic heterocycles. The summed E-state index contributed by atoms with van der Waals surface area (Å²) in [4.78, 5) is 21.4. The van der Waals surface area contributed by atoms with Crippen molar-refractivity contribution in [2.75, 3.05) is 26.2 Å². The largest absolute Gasteiger partial charge is 0.370 e. The molecule has 1 aromatic carbocycles. The van der Waals surface area contributed by atoms with Gasteiger partial charge in [0.15, 0.2) is 0 Å². The van der Waals surface area contributed by atoms with Gasteiger partial charge >= 0.3 is 0 Å². The van der Waals surface area contributed by atoms with Crippen LogP contribution in [0.1, 0.15) is 22.4 Å². The van der Waals surface area contributed by atoms with Crippen molar-refractivity contribution in [2.24, 2.45) is 7.05 Å². The Hall–Kier alpha value is -3.03. The lowest BCUT2D eigenvalue weighted by molar-refractivity contribution is -0.131. The molecule has 0 bridgehead atoms. The third kappa shape index (κ3) is 6.02. The van der Waals surface area contributed by atoms with Crippen LogP contribution in [0.3, 0.4) is 0 Å². The zero-order valence-corrected chi connectivity index (χ0v) is 18.9. The standard InChI is InChI=1S/C25H31N5O2/c1-20-23(14-28(2)27-20)15-29-16-24(32-19-22-8-11-26-12-9-22)17-30(25(31)18-29)13-10-21-6-4-3-5-7-21/h3-9,11-12,14,24H,10,13,15-19H2,1-2H3. The molecule has 1 unspecified atom stereocenters. The number of aryl methyl sites for hydroxylation is 2. The fourth-order valence-corrected chi connectivity index (χ4v) is 4.14. The van der Waals surface area contributed by atoms with E-state index in [0.717, 1.165) is 23.2 Å². The minimum Gasteiger partial charge on any atom is -0.370 e. The Labute approximate surface area is 189 Å². The highest BCUT2D eigenvalue weighted by Gasteiger charge is 2.28. The Balaban J connectivity index is 1.46. The fraction of sp³-hybridized carbons (Fsp3) is 0.400. The fourth-order valence-electron chi connectivity index (χ4n) is 4.14. The minimum absolute atomic E-state index is 0.0673. The molecule has 0 N–H and O–H groups in total. The number of ether oxygens (including phenoxy) is 1. The Morgan fingerprint density at radius 1 is 1.06 bits per heavy atom. The minimum atomic E-state index is -0.0673. The van der Waals surface area contributed by atoms with E-state index in [1.165, 1.54) is 5.56 Å². The van der Waals surface area contributed by atoms with Gasteiger partial charge < -0.3 is 9.64 Å². The van der Waals surface area contributed by atoms with Crippen molar-refractivity contribution in [2.45, 2.75) is 32.6 Å². The lowest BCUT2D eigenvalue weighted by Crippen LogP contribution is -2.39. The molecule has 3 aromatic rings. The summed E-state index contributed by atoms with van der Waals surface area (Å²) < 4.78 is 8.13. The number of amides is 1. The molecule has 0 spiro atoms. The molecular formula is C25H31N5O2. The maximum atomic E-state index is 13.1. The second kappa shape index (κ2) is 10.5. The Bertz CT molecular complexity index is 1010. The summed E-state index contributed by atoms with van der Waals surface area (Å²) in [5, 5.41) is 4.45. The summed E-state index contributed by atoms with van der Waals surface area (Å²) in [7, 11) is 1.93. The third-order valence-corrected chi connectivity index (χ3v) is 5.85.